The van der Waals surface area contributed by atoms with Crippen molar-refractivity contribution < 1.29 is 8.42 Å². The minimum Gasteiger partial charge on any atom is -0.255 e. The SMILES string of the molecule is O=S(=O)(Nc1nccs1)c1cc[c]cc1. The van der Waals surface area contributed by atoms with Gasteiger partial charge in [0.1, 0.15) is 0 Å². The Morgan fingerprint density at radius 3 is 2.67 bits per heavy atom. The van der Waals surface area contributed by atoms with Crippen LogP contribution >= 0.6 is 11.3 Å². The van der Waals surface area contributed by atoms with Gasteiger partial charge in [-0.3, -0.25) is 4.72 Å². The van der Waals surface area contributed by atoms with Crippen molar-refractivity contribution in [1.82, 2.24) is 4.98 Å². The molecule has 2 rings (SSSR count). The largest absolute Gasteiger partial charge is 0.263 e. The van der Waals surface area contributed by atoms with E-state index in [1.165, 1.54) is 23.5 Å². The van der Waals surface area contributed by atoms with Crippen molar-refractivity contribution in [3.63, 3.8) is 0 Å². The first kappa shape index (κ1) is 10.1. The summed E-state index contributed by atoms with van der Waals surface area (Å²) in [5.74, 6) is 0. The van der Waals surface area contributed by atoms with Crippen molar-refractivity contribution in [3.8, 4) is 0 Å². The molecule has 0 saturated heterocycles. The molecular formula is C9H7N2O2S2. The van der Waals surface area contributed by atoms with Crippen LogP contribution < -0.4 is 4.72 Å². The molecule has 1 radical (unpaired) electrons. The highest BCUT2D eigenvalue weighted by molar-refractivity contribution is 7.93. The monoisotopic (exact) mass is 239 g/mol. The highest BCUT2D eigenvalue weighted by Crippen LogP contribution is 2.16. The maximum Gasteiger partial charge on any atom is 0.263 e. The first-order chi connectivity index (χ1) is 7.18. The molecule has 77 valence electrons. The number of aromatic nitrogens is 1. The zero-order valence-corrected chi connectivity index (χ0v) is 9.18. The predicted octanol–water partition coefficient (Wildman–Crippen LogP) is 1.74. The molecule has 0 aliphatic carbocycles. The molecule has 0 unspecified atom stereocenters. The van der Waals surface area contributed by atoms with E-state index in [4.69, 9.17) is 0 Å². The van der Waals surface area contributed by atoms with Crippen molar-refractivity contribution in [3.05, 3.63) is 41.9 Å². The lowest BCUT2D eigenvalue weighted by Gasteiger charge is -2.03. The molecule has 0 aliphatic rings. The fourth-order valence-electron chi connectivity index (χ4n) is 0.998. The highest BCUT2D eigenvalue weighted by atomic mass is 32.2. The first-order valence-corrected chi connectivity index (χ1v) is 6.43. The van der Waals surface area contributed by atoms with Crippen molar-refractivity contribution in [2.24, 2.45) is 0 Å². The van der Waals surface area contributed by atoms with E-state index in [-0.39, 0.29) is 4.90 Å². The molecule has 6 heteroatoms. The van der Waals surface area contributed by atoms with Gasteiger partial charge in [0.25, 0.3) is 10.0 Å². The summed E-state index contributed by atoms with van der Waals surface area (Å²) in [4.78, 5) is 4.05. The lowest BCUT2D eigenvalue weighted by atomic mass is 10.4. The van der Waals surface area contributed by atoms with E-state index in [1.54, 1.807) is 23.7 Å². The Morgan fingerprint density at radius 1 is 1.33 bits per heavy atom. The van der Waals surface area contributed by atoms with Crippen LogP contribution in [0.25, 0.3) is 0 Å². The molecule has 15 heavy (non-hydrogen) atoms. The van der Waals surface area contributed by atoms with Crippen LogP contribution in [-0.4, -0.2) is 13.4 Å². The van der Waals surface area contributed by atoms with Crippen LogP contribution in [0.15, 0.2) is 40.7 Å². The summed E-state index contributed by atoms with van der Waals surface area (Å²) in [7, 11) is -3.51. The van der Waals surface area contributed by atoms with E-state index in [0.29, 0.717) is 5.13 Å². The molecule has 0 aliphatic heterocycles. The molecule has 1 heterocycles. The fourth-order valence-corrected chi connectivity index (χ4v) is 2.79. The molecule has 2 aromatic rings. The number of rotatable bonds is 3. The van der Waals surface area contributed by atoms with Crippen molar-refractivity contribution in [2.45, 2.75) is 4.90 Å². The summed E-state index contributed by atoms with van der Waals surface area (Å²) in [6, 6.07) is 8.83. The van der Waals surface area contributed by atoms with Crippen molar-refractivity contribution in [1.29, 1.82) is 0 Å². The van der Waals surface area contributed by atoms with Gasteiger partial charge in [-0.1, -0.05) is 12.1 Å². The zero-order valence-electron chi connectivity index (χ0n) is 7.54. The molecule has 0 fully saturated rings. The second-order valence-corrected chi connectivity index (χ2v) is 5.26. The Hall–Kier alpha value is -1.40. The number of hydrogen-bond donors (Lipinski definition) is 1. The number of nitrogens with zero attached hydrogens (tertiary/aromatic N) is 1. The Labute approximate surface area is 91.7 Å². The van der Waals surface area contributed by atoms with Gasteiger partial charge in [-0.2, -0.15) is 0 Å². The third-order valence-corrected chi connectivity index (χ3v) is 3.82. The van der Waals surface area contributed by atoms with Gasteiger partial charge < -0.3 is 0 Å². The molecule has 0 atom stereocenters. The Bertz CT molecular complexity index is 521. The van der Waals surface area contributed by atoms with Crippen LogP contribution in [0.2, 0.25) is 0 Å². The molecule has 1 N–H and O–H groups in total. The summed E-state index contributed by atoms with van der Waals surface area (Å²) < 4.78 is 25.9. The molecule has 1 aromatic heterocycles. The van der Waals surface area contributed by atoms with E-state index in [1.807, 2.05) is 0 Å². The average molecular weight is 239 g/mol. The normalized spacial score (nSPS) is 11.2. The van der Waals surface area contributed by atoms with E-state index in [2.05, 4.69) is 15.8 Å². The smallest absolute Gasteiger partial charge is 0.255 e. The van der Waals surface area contributed by atoms with E-state index in [9.17, 15) is 8.42 Å². The second-order valence-electron chi connectivity index (χ2n) is 2.68. The Balaban J connectivity index is 2.29. The number of thiazole rings is 1. The van der Waals surface area contributed by atoms with Gasteiger partial charge >= 0.3 is 0 Å². The van der Waals surface area contributed by atoms with Crippen LogP contribution in [0.5, 0.6) is 0 Å². The Morgan fingerprint density at radius 2 is 2.07 bits per heavy atom. The van der Waals surface area contributed by atoms with Crippen LogP contribution in [-0.2, 0) is 10.0 Å². The number of nitrogens with one attached hydrogen (secondary N) is 1. The summed E-state index contributed by atoms with van der Waals surface area (Å²) >= 11 is 1.24. The minimum absolute atomic E-state index is 0.205. The van der Waals surface area contributed by atoms with E-state index < -0.39 is 10.0 Å². The van der Waals surface area contributed by atoms with Crippen LogP contribution in [0.4, 0.5) is 5.13 Å². The molecule has 1 aromatic carbocycles. The standard InChI is InChI=1S/C9H7N2O2S2/c12-15(13,8-4-2-1-3-5-8)11-9-10-6-7-14-9/h2-7H,(H,10,11). The third-order valence-electron chi connectivity index (χ3n) is 1.65. The van der Waals surface area contributed by atoms with Crippen LogP contribution in [0.1, 0.15) is 0 Å². The van der Waals surface area contributed by atoms with Crippen LogP contribution in [0.3, 0.4) is 0 Å². The summed E-state index contributed by atoms with van der Waals surface area (Å²) in [6.45, 7) is 0. The predicted molar refractivity (Wildman–Crippen MR) is 58.2 cm³/mol. The molecular weight excluding hydrogens is 232 g/mol. The van der Waals surface area contributed by atoms with Gasteiger partial charge in [0.05, 0.1) is 4.90 Å². The summed E-state index contributed by atoms with van der Waals surface area (Å²) in [5, 5.41) is 2.07. The van der Waals surface area contributed by atoms with Crippen molar-refractivity contribution in [2.75, 3.05) is 4.72 Å². The average Bonchev–Trinajstić information content (AvgIpc) is 2.71. The Kier molecular flexibility index (Phi) is 2.70. The van der Waals surface area contributed by atoms with Gasteiger partial charge in [-0.25, -0.2) is 13.4 Å². The lowest BCUT2D eigenvalue weighted by Crippen LogP contribution is -2.12. The van der Waals surface area contributed by atoms with Crippen molar-refractivity contribution >= 4 is 26.5 Å². The maximum absolute atomic E-state index is 11.7. The highest BCUT2D eigenvalue weighted by Gasteiger charge is 2.14. The van der Waals surface area contributed by atoms with Gasteiger partial charge in [-0.05, 0) is 18.2 Å². The molecule has 0 saturated carbocycles. The van der Waals surface area contributed by atoms with E-state index in [0.717, 1.165) is 0 Å². The number of hydrogen-bond acceptors (Lipinski definition) is 4. The quantitative estimate of drug-likeness (QED) is 0.887. The zero-order chi connectivity index (χ0) is 10.7. The van der Waals surface area contributed by atoms with Gasteiger partial charge in [0.2, 0.25) is 0 Å². The third kappa shape index (κ3) is 2.34. The van der Waals surface area contributed by atoms with E-state index >= 15 is 0 Å². The van der Waals surface area contributed by atoms with Crippen LogP contribution in [0, 0.1) is 6.07 Å². The second kappa shape index (κ2) is 4.00. The topological polar surface area (TPSA) is 59.1 Å². The van der Waals surface area contributed by atoms with Gasteiger partial charge in [0.15, 0.2) is 5.13 Å². The maximum atomic E-state index is 11.7. The fraction of sp³-hybridized carbons (Fsp3) is 0. The van der Waals surface area contributed by atoms with Gasteiger partial charge in [-0.15, -0.1) is 11.3 Å². The summed E-state index contributed by atoms with van der Waals surface area (Å²) in [6.07, 6.45) is 1.54. The first-order valence-electron chi connectivity index (χ1n) is 4.07. The molecule has 0 bridgehead atoms. The minimum atomic E-state index is -3.51. The molecule has 0 amide bonds. The molecule has 0 spiro atoms. The molecule has 4 nitrogen and oxygen atoms in total. The summed E-state index contributed by atoms with van der Waals surface area (Å²) in [5.41, 5.74) is 0. The lowest BCUT2D eigenvalue weighted by molar-refractivity contribution is 0.601. The number of benzene rings is 1. The number of sulfonamides is 1. The van der Waals surface area contributed by atoms with Gasteiger partial charge in [0, 0.05) is 11.6 Å². The number of anilines is 1.